The Bertz CT molecular complexity index is 595. The maximum absolute atomic E-state index is 11.7. The molecule has 0 bridgehead atoms. The van der Waals surface area contributed by atoms with Gasteiger partial charge in [-0.15, -0.1) is 0 Å². The van der Waals surface area contributed by atoms with Crippen LogP contribution in [0.2, 0.25) is 0 Å². The van der Waals surface area contributed by atoms with Crippen molar-refractivity contribution in [2.45, 2.75) is 32.4 Å². The molecule has 1 aromatic carbocycles. The predicted molar refractivity (Wildman–Crippen MR) is 85.8 cm³/mol. The number of amides is 2. The molecule has 1 heterocycles. The standard InChI is InChI=1S/C16H22N4O2/c1-12(21)8-10-17-16(22)18-15-9-11-20(19-15)13(2)14-6-4-3-5-7-14/h3-7,9,11-13,21H,8,10H2,1-2H3,(H2,17,18,19,22). The Morgan fingerprint density at radius 3 is 2.68 bits per heavy atom. The van der Waals surface area contributed by atoms with Crippen LogP contribution in [0.5, 0.6) is 0 Å². The third kappa shape index (κ3) is 4.60. The van der Waals surface area contributed by atoms with Crippen LogP contribution in [-0.4, -0.2) is 33.6 Å². The smallest absolute Gasteiger partial charge is 0.320 e. The van der Waals surface area contributed by atoms with Gasteiger partial charge in [-0.3, -0.25) is 10.00 Å². The first kappa shape index (κ1) is 16.0. The number of nitrogens with zero attached hydrogens (tertiary/aromatic N) is 2. The normalized spacial score (nSPS) is 13.4. The van der Waals surface area contributed by atoms with Gasteiger partial charge in [0, 0.05) is 18.8 Å². The molecule has 0 aliphatic heterocycles. The number of carbonyl (C=O) groups excluding carboxylic acids is 1. The molecule has 0 spiro atoms. The fraction of sp³-hybridized carbons (Fsp3) is 0.375. The summed E-state index contributed by atoms with van der Waals surface area (Å²) in [5, 5.41) is 18.9. The van der Waals surface area contributed by atoms with Gasteiger partial charge in [0.05, 0.1) is 12.1 Å². The van der Waals surface area contributed by atoms with Crippen LogP contribution in [-0.2, 0) is 0 Å². The lowest BCUT2D eigenvalue weighted by atomic mass is 10.1. The average Bonchev–Trinajstić information content (AvgIpc) is 2.95. The van der Waals surface area contributed by atoms with Gasteiger partial charge in [-0.25, -0.2) is 4.79 Å². The van der Waals surface area contributed by atoms with Crippen molar-refractivity contribution < 1.29 is 9.90 Å². The van der Waals surface area contributed by atoms with Gasteiger partial charge >= 0.3 is 6.03 Å². The number of nitrogens with one attached hydrogen (secondary N) is 2. The molecular formula is C16H22N4O2. The zero-order valence-corrected chi connectivity index (χ0v) is 12.9. The van der Waals surface area contributed by atoms with Crippen LogP contribution in [0.15, 0.2) is 42.6 Å². The van der Waals surface area contributed by atoms with Gasteiger partial charge in [0.25, 0.3) is 0 Å². The first-order valence-electron chi connectivity index (χ1n) is 7.39. The molecule has 0 saturated heterocycles. The van der Waals surface area contributed by atoms with Gasteiger partial charge in [-0.1, -0.05) is 30.3 Å². The van der Waals surface area contributed by atoms with Crippen LogP contribution in [0.4, 0.5) is 10.6 Å². The second kappa shape index (κ2) is 7.61. The fourth-order valence-corrected chi connectivity index (χ4v) is 2.06. The minimum atomic E-state index is -0.425. The molecule has 2 unspecified atom stereocenters. The highest BCUT2D eigenvalue weighted by Gasteiger charge is 2.10. The molecule has 6 heteroatoms. The van der Waals surface area contributed by atoms with Crippen LogP contribution in [0.3, 0.4) is 0 Å². The predicted octanol–water partition coefficient (Wildman–Crippen LogP) is 2.38. The first-order chi connectivity index (χ1) is 10.6. The molecule has 0 fully saturated rings. The van der Waals surface area contributed by atoms with Gasteiger partial charge in [0.15, 0.2) is 5.82 Å². The average molecular weight is 302 g/mol. The van der Waals surface area contributed by atoms with Crippen molar-refractivity contribution in [3.05, 3.63) is 48.2 Å². The topological polar surface area (TPSA) is 79.2 Å². The monoisotopic (exact) mass is 302 g/mol. The van der Waals surface area contributed by atoms with Gasteiger partial charge in [0.2, 0.25) is 0 Å². The third-order valence-electron chi connectivity index (χ3n) is 3.38. The van der Waals surface area contributed by atoms with Crippen LogP contribution >= 0.6 is 0 Å². The molecule has 0 aliphatic carbocycles. The number of aliphatic hydroxyl groups is 1. The zero-order valence-electron chi connectivity index (χ0n) is 12.9. The number of benzene rings is 1. The fourth-order valence-electron chi connectivity index (χ4n) is 2.06. The molecule has 3 N–H and O–H groups in total. The molecule has 2 rings (SSSR count). The molecule has 22 heavy (non-hydrogen) atoms. The Balaban J connectivity index is 1.90. The van der Waals surface area contributed by atoms with E-state index in [1.54, 1.807) is 17.7 Å². The van der Waals surface area contributed by atoms with E-state index >= 15 is 0 Å². The highest BCUT2D eigenvalue weighted by Crippen LogP contribution is 2.17. The second-order valence-corrected chi connectivity index (χ2v) is 5.29. The Kier molecular flexibility index (Phi) is 5.55. The largest absolute Gasteiger partial charge is 0.393 e. The maximum Gasteiger partial charge on any atom is 0.320 e. The lowest BCUT2D eigenvalue weighted by molar-refractivity contribution is 0.184. The zero-order chi connectivity index (χ0) is 15.9. The highest BCUT2D eigenvalue weighted by molar-refractivity contribution is 5.88. The lowest BCUT2D eigenvalue weighted by Gasteiger charge is -2.12. The summed E-state index contributed by atoms with van der Waals surface area (Å²) in [5.74, 6) is 0.498. The molecule has 0 saturated carbocycles. The number of carbonyl (C=O) groups is 1. The first-order valence-corrected chi connectivity index (χ1v) is 7.39. The number of anilines is 1. The van der Waals surface area contributed by atoms with E-state index in [1.165, 1.54) is 0 Å². The Morgan fingerprint density at radius 1 is 1.27 bits per heavy atom. The van der Waals surface area contributed by atoms with Gasteiger partial charge in [-0.2, -0.15) is 5.10 Å². The van der Waals surface area contributed by atoms with E-state index in [4.69, 9.17) is 5.11 Å². The summed E-state index contributed by atoms with van der Waals surface area (Å²) in [5.41, 5.74) is 1.15. The van der Waals surface area contributed by atoms with Crippen LogP contribution in [0.1, 0.15) is 31.9 Å². The van der Waals surface area contributed by atoms with Gasteiger partial charge < -0.3 is 10.4 Å². The molecule has 1 aromatic heterocycles. The van der Waals surface area contributed by atoms with E-state index < -0.39 is 6.10 Å². The maximum atomic E-state index is 11.7. The SMILES string of the molecule is CC(O)CCNC(=O)Nc1ccn(C(C)c2ccccc2)n1. The Labute approximate surface area is 130 Å². The minimum Gasteiger partial charge on any atom is -0.393 e. The van der Waals surface area contributed by atoms with E-state index in [0.717, 1.165) is 5.56 Å². The number of hydrogen-bond acceptors (Lipinski definition) is 3. The third-order valence-corrected chi connectivity index (χ3v) is 3.38. The van der Waals surface area contributed by atoms with Crippen molar-refractivity contribution in [2.24, 2.45) is 0 Å². The molecule has 118 valence electrons. The molecule has 2 atom stereocenters. The second-order valence-electron chi connectivity index (χ2n) is 5.29. The van der Waals surface area contributed by atoms with E-state index in [0.29, 0.717) is 18.8 Å². The van der Waals surface area contributed by atoms with E-state index in [1.807, 2.05) is 36.5 Å². The Hall–Kier alpha value is -2.34. The number of hydrogen-bond donors (Lipinski definition) is 3. The molecule has 6 nitrogen and oxygen atoms in total. The van der Waals surface area contributed by atoms with Gasteiger partial charge in [0.1, 0.15) is 0 Å². The van der Waals surface area contributed by atoms with E-state index in [2.05, 4.69) is 22.7 Å². The minimum absolute atomic E-state index is 0.0926. The molecular weight excluding hydrogens is 280 g/mol. The lowest BCUT2D eigenvalue weighted by Crippen LogP contribution is -2.31. The number of rotatable bonds is 6. The van der Waals surface area contributed by atoms with Crippen LogP contribution < -0.4 is 10.6 Å². The summed E-state index contributed by atoms with van der Waals surface area (Å²) < 4.78 is 1.81. The summed E-state index contributed by atoms with van der Waals surface area (Å²) >= 11 is 0. The molecule has 0 radical (unpaired) electrons. The van der Waals surface area contributed by atoms with Crippen molar-refractivity contribution in [2.75, 3.05) is 11.9 Å². The van der Waals surface area contributed by atoms with E-state index in [-0.39, 0.29) is 12.1 Å². The van der Waals surface area contributed by atoms with Crippen molar-refractivity contribution in [3.8, 4) is 0 Å². The highest BCUT2D eigenvalue weighted by atomic mass is 16.3. The summed E-state index contributed by atoms with van der Waals surface area (Å²) in [4.78, 5) is 11.7. The Morgan fingerprint density at radius 2 is 2.00 bits per heavy atom. The van der Waals surface area contributed by atoms with Crippen LogP contribution in [0, 0.1) is 0 Å². The summed E-state index contributed by atoms with van der Waals surface area (Å²) in [6.45, 7) is 4.16. The number of aromatic nitrogens is 2. The number of urea groups is 1. The molecule has 0 aliphatic rings. The summed E-state index contributed by atoms with van der Waals surface area (Å²) in [6, 6.07) is 11.6. The van der Waals surface area contributed by atoms with Crippen molar-refractivity contribution in [1.82, 2.24) is 15.1 Å². The van der Waals surface area contributed by atoms with Crippen molar-refractivity contribution >= 4 is 11.8 Å². The molecule has 2 aromatic rings. The van der Waals surface area contributed by atoms with E-state index in [9.17, 15) is 4.79 Å². The van der Waals surface area contributed by atoms with Gasteiger partial charge in [-0.05, 0) is 25.8 Å². The molecule has 2 amide bonds. The summed E-state index contributed by atoms with van der Waals surface area (Å²) in [6.07, 6.45) is 1.93. The van der Waals surface area contributed by atoms with Crippen molar-refractivity contribution in [1.29, 1.82) is 0 Å². The van der Waals surface area contributed by atoms with Crippen molar-refractivity contribution in [3.63, 3.8) is 0 Å². The summed E-state index contributed by atoms with van der Waals surface area (Å²) in [7, 11) is 0. The number of aliphatic hydroxyl groups excluding tert-OH is 1. The quantitative estimate of drug-likeness (QED) is 0.766. The van der Waals surface area contributed by atoms with Crippen LogP contribution in [0.25, 0.3) is 0 Å².